The van der Waals surface area contributed by atoms with Crippen LogP contribution in [0.3, 0.4) is 0 Å². The minimum atomic E-state index is -0.544. The summed E-state index contributed by atoms with van der Waals surface area (Å²) in [6.45, 7) is 3.01. The molecule has 0 radical (unpaired) electrons. The number of nitrogens with two attached hydrogens (primary N) is 1. The monoisotopic (exact) mass is 334 g/mol. The van der Waals surface area contributed by atoms with Crippen LogP contribution in [0, 0.1) is 0 Å². The Balaban J connectivity index is 0.00000264. The molecule has 0 fully saturated rings. The van der Waals surface area contributed by atoms with Crippen molar-refractivity contribution in [1.82, 2.24) is 5.32 Å². The van der Waals surface area contributed by atoms with Gasteiger partial charge < -0.3 is 15.8 Å². The van der Waals surface area contributed by atoms with E-state index >= 15 is 0 Å². The summed E-state index contributed by atoms with van der Waals surface area (Å²) in [6.07, 6.45) is 0.533. The molecule has 0 aliphatic carbocycles. The number of carbonyl (C=O) groups is 1. The first-order valence-electron chi connectivity index (χ1n) is 7.48. The second kappa shape index (κ2) is 9.87. The Morgan fingerprint density at radius 1 is 1.13 bits per heavy atom. The van der Waals surface area contributed by atoms with Gasteiger partial charge in [-0.05, 0) is 36.6 Å². The zero-order valence-corrected chi connectivity index (χ0v) is 14.0. The summed E-state index contributed by atoms with van der Waals surface area (Å²) in [5, 5.41) is 2.87. The van der Waals surface area contributed by atoms with Gasteiger partial charge in [0, 0.05) is 6.54 Å². The third-order valence-corrected chi connectivity index (χ3v) is 3.31. The number of amides is 1. The lowest BCUT2D eigenvalue weighted by atomic mass is 10.1. The lowest BCUT2D eigenvalue weighted by molar-refractivity contribution is -0.122. The van der Waals surface area contributed by atoms with E-state index in [1.54, 1.807) is 0 Å². The lowest BCUT2D eigenvalue weighted by Gasteiger charge is -2.13. The number of hydrogen-bond acceptors (Lipinski definition) is 3. The van der Waals surface area contributed by atoms with Crippen LogP contribution in [0.15, 0.2) is 54.6 Å². The highest BCUT2D eigenvalue weighted by molar-refractivity contribution is 5.85. The molecule has 0 aliphatic rings. The third-order valence-electron chi connectivity index (χ3n) is 3.31. The molecule has 4 nitrogen and oxygen atoms in total. The predicted molar refractivity (Wildman–Crippen MR) is 94.8 cm³/mol. The van der Waals surface area contributed by atoms with E-state index in [2.05, 4.69) is 5.32 Å². The number of hydrogen-bond donors (Lipinski definition) is 2. The van der Waals surface area contributed by atoms with Gasteiger partial charge in [0.05, 0.1) is 12.6 Å². The van der Waals surface area contributed by atoms with E-state index in [1.165, 1.54) is 0 Å². The van der Waals surface area contributed by atoms with Crippen LogP contribution in [-0.4, -0.2) is 18.6 Å². The number of benzene rings is 2. The summed E-state index contributed by atoms with van der Waals surface area (Å²) < 4.78 is 5.44. The largest absolute Gasteiger partial charge is 0.494 e. The second-order valence-electron chi connectivity index (χ2n) is 5.09. The molecule has 0 saturated carbocycles. The fourth-order valence-electron chi connectivity index (χ4n) is 2.19. The number of halogens is 1. The Morgan fingerprint density at radius 2 is 1.83 bits per heavy atom. The van der Waals surface area contributed by atoms with Crippen molar-refractivity contribution in [2.45, 2.75) is 25.9 Å². The molecule has 0 heterocycles. The summed E-state index contributed by atoms with van der Waals surface area (Å²) in [4.78, 5) is 12.1. The third kappa shape index (κ3) is 6.30. The van der Waals surface area contributed by atoms with Crippen molar-refractivity contribution in [1.29, 1.82) is 0 Å². The highest BCUT2D eigenvalue weighted by Gasteiger charge is 2.13. The van der Waals surface area contributed by atoms with Gasteiger partial charge in [-0.1, -0.05) is 42.5 Å². The van der Waals surface area contributed by atoms with E-state index in [-0.39, 0.29) is 18.3 Å². The van der Waals surface area contributed by atoms with Crippen LogP contribution in [0.2, 0.25) is 0 Å². The predicted octanol–water partition coefficient (Wildman–Crippen LogP) is 2.69. The summed E-state index contributed by atoms with van der Waals surface area (Å²) >= 11 is 0. The van der Waals surface area contributed by atoms with Crippen molar-refractivity contribution >= 4 is 18.3 Å². The highest BCUT2D eigenvalue weighted by atomic mass is 35.5. The van der Waals surface area contributed by atoms with E-state index in [4.69, 9.17) is 10.5 Å². The standard InChI is InChI=1S/C18H22N2O2.ClH/c1-2-22-16-10-6-9-15(11-16)13-20-18(21)17(19)12-14-7-4-3-5-8-14;/h3-11,17H,2,12-13,19H2,1H3,(H,20,21);1H. The average molecular weight is 335 g/mol. The van der Waals surface area contributed by atoms with Crippen molar-refractivity contribution in [3.05, 3.63) is 65.7 Å². The molecule has 0 bridgehead atoms. The molecular weight excluding hydrogens is 312 g/mol. The van der Waals surface area contributed by atoms with Crippen LogP contribution < -0.4 is 15.8 Å². The van der Waals surface area contributed by atoms with Crippen LogP contribution >= 0.6 is 12.4 Å². The summed E-state index contributed by atoms with van der Waals surface area (Å²) in [6, 6.07) is 16.9. The number of ether oxygens (including phenoxy) is 1. The zero-order chi connectivity index (χ0) is 15.8. The summed E-state index contributed by atoms with van der Waals surface area (Å²) in [5.74, 6) is 0.661. The van der Waals surface area contributed by atoms with Crippen LogP contribution in [-0.2, 0) is 17.8 Å². The van der Waals surface area contributed by atoms with Gasteiger partial charge in [-0.25, -0.2) is 0 Å². The summed E-state index contributed by atoms with van der Waals surface area (Å²) in [7, 11) is 0. The van der Waals surface area contributed by atoms with Crippen LogP contribution in [0.25, 0.3) is 0 Å². The summed E-state index contributed by atoms with van der Waals surface area (Å²) in [5.41, 5.74) is 8.00. The van der Waals surface area contributed by atoms with Gasteiger partial charge in [0.15, 0.2) is 0 Å². The van der Waals surface area contributed by atoms with Crippen molar-refractivity contribution in [3.63, 3.8) is 0 Å². The minimum absolute atomic E-state index is 0. The molecule has 0 spiro atoms. The number of nitrogens with one attached hydrogen (secondary N) is 1. The van der Waals surface area contributed by atoms with Gasteiger partial charge in [0.25, 0.3) is 0 Å². The first-order chi connectivity index (χ1) is 10.7. The minimum Gasteiger partial charge on any atom is -0.494 e. The molecule has 23 heavy (non-hydrogen) atoms. The molecule has 1 amide bonds. The maximum Gasteiger partial charge on any atom is 0.237 e. The molecule has 2 rings (SSSR count). The fraction of sp³-hybridized carbons (Fsp3) is 0.278. The Kier molecular flexibility index (Phi) is 8.16. The number of carbonyl (C=O) groups excluding carboxylic acids is 1. The van der Waals surface area contributed by atoms with E-state index < -0.39 is 6.04 Å². The quantitative estimate of drug-likeness (QED) is 0.818. The SMILES string of the molecule is CCOc1cccc(CNC(=O)C(N)Cc2ccccc2)c1.Cl. The molecule has 2 aromatic rings. The molecule has 0 saturated heterocycles. The van der Waals surface area contributed by atoms with Gasteiger partial charge in [-0.15, -0.1) is 12.4 Å². The van der Waals surface area contributed by atoms with E-state index in [9.17, 15) is 4.79 Å². The first kappa shape index (κ1) is 19.0. The molecular formula is C18H23ClN2O2. The second-order valence-corrected chi connectivity index (χ2v) is 5.09. The first-order valence-corrected chi connectivity index (χ1v) is 7.48. The van der Waals surface area contributed by atoms with Crippen LogP contribution in [0.4, 0.5) is 0 Å². The Morgan fingerprint density at radius 3 is 2.52 bits per heavy atom. The average Bonchev–Trinajstić information content (AvgIpc) is 2.54. The smallest absolute Gasteiger partial charge is 0.237 e. The zero-order valence-electron chi connectivity index (χ0n) is 13.2. The number of rotatable bonds is 7. The normalized spacial score (nSPS) is 11.2. The lowest BCUT2D eigenvalue weighted by Crippen LogP contribution is -2.41. The van der Waals surface area contributed by atoms with Crippen LogP contribution in [0.5, 0.6) is 5.75 Å². The molecule has 0 aromatic heterocycles. The van der Waals surface area contributed by atoms with Gasteiger partial charge >= 0.3 is 0 Å². The van der Waals surface area contributed by atoms with Crippen molar-refractivity contribution in [3.8, 4) is 5.75 Å². The van der Waals surface area contributed by atoms with E-state index in [1.807, 2.05) is 61.5 Å². The van der Waals surface area contributed by atoms with Gasteiger partial charge in [-0.2, -0.15) is 0 Å². The Hall–Kier alpha value is -2.04. The molecule has 0 aliphatic heterocycles. The Labute approximate surface area is 143 Å². The topological polar surface area (TPSA) is 64.3 Å². The Bertz CT molecular complexity index is 605. The van der Waals surface area contributed by atoms with E-state index in [0.717, 1.165) is 16.9 Å². The van der Waals surface area contributed by atoms with Crippen LogP contribution in [0.1, 0.15) is 18.1 Å². The highest BCUT2D eigenvalue weighted by Crippen LogP contribution is 2.13. The van der Waals surface area contributed by atoms with Gasteiger partial charge in [0.1, 0.15) is 5.75 Å². The molecule has 124 valence electrons. The fourth-order valence-corrected chi connectivity index (χ4v) is 2.19. The maximum atomic E-state index is 12.1. The van der Waals surface area contributed by atoms with Crippen molar-refractivity contribution in [2.24, 2.45) is 5.73 Å². The van der Waals surface area contributed by atoms with Crippen molar-refractivity contribution in [2.75, 3.05) is 6.61 Å². The van der Waals surface area contributed by atoms with Gasteiger partial charge in [-0.3, -0.25) is 4.79 Å². The van der Waals surface area contributed by atoms with E-state index in [0.29, 0.717) is 19.6 Å². The van der Waals surface area contributed by atoms with Crippen molar-refractivity contribution < 1.29 is 9.53 Å². The molecule has 1 atom stereocenters. The maximum absolute atomic E-state index is 12.1. The molecule has 1 unspecified atom stereocenters. The van der Waals surface area contributed by atoms with Gasteiger partial charge in [0.2, 0.25) is 5.91 Å². The molecule has 2 aromatic carbocycles. The molecule has 5 heteroatoms. The molecule has 3 N–H and O–H groups in total.